The fourth-order valence-electron chi connectivity index (χ4n) is 0.0312. The Morgan fingerprint density at radius 3 is 1.86 bits per heavy atom. The molecule has 0 saturated heterocycles. The molecule has 0 aromatic heterocycles. The number of hydrogen-bond acceptors (Lipinski definition) is 4. The molecule has 0 aromatic rings. The predicted molar refractivity (Wildman–Crippen MR) is 19.3 cm³/mol. The third-order valence-electron chi connectivity index (χ3n) is 0.106. The van der Waals surface area contributed by atoms with Crippen LogP contribution in [-0.4, -0.2) is 23.4 Å². The van der Waals surface area contributed by atoms with Crippen molar-refractivity contribution in [3.05, 3.63) is 0 Å². The number of halogens is 1. The first-order valence-electron chi connectivity index (χ1n) is 1.11. The molecule has 0 rings (SSSR count). The maximum absolute atomic E-state index is 7.99. The van der Waals surface area contributed by atoms with Crippen molar-refractivity contribution in [3.63, 3.8) is 0 Å². The van der Waals surface area contributed by atoms with Gasteiger partial charge in [-0.3, -0.25) is 0 Å². The average Bonchev–Trinajstić information content (AvgIpc) is 1.30. The Labute approximate surface area is 54.8 Å². The standard InChI is InChI=1S/Au.ClH.H3O4Si/c;;1-5(2,3)4/h;1H;1-3H/q+2;;-1/p-1. The van der Waals surface area contributed by atoms with Gasteiger partial charge in [-0.25, -0.2) is 0 Å². The van der Waals surface area contributed by atoms with Crippen molar-refractivity contribution in [2.45, 2.75) is 0 Å². The summed E-state index contributed by atoms with van der Waals surface area (Å²) >= 11 is -1.11. The van der Waals surface area contributed by atoms with E-state index in [-0.39, 0.29) is 0 Å². The molecule has 0 radical (unpaired) electrons. The molecule has 0 amide bonds. The average molecular weight is 328 g/mol. The predicted octanol–water partition coefficient (Wildman–Crippen LogP) is -1.43. The molecule has 3 N–H and O–H groups in total. The van der Waals surface area contributed by atoms with Crippen LogP contribution >= 0.6 is 9.19 Å². The van der Waals surface area contributed by atoms with Gasteiger partial charge in [0.05, 0.1) is 0 Å². The Bertz CT molecular complexity index is 50.1. The molecule has 0 atom stereocenters. The summed E-state index contributed by atoms with van der Waals surface area (Å²) in [6.07, 6.45) is 0. The second kappa shape index (κ2) is 3.18. The maximum atomic E-state index is 7.99. The summed E-state index contributed by atoms with van der Waals surface area (Å²) in [4.78, 5) is 24.0. The van der Waals surface area contributed by atoms with E-state index in [1.165, 1.54) is 0 Å². The summed E-state index contributed by atoms with van der Waals surface area (Å²) < 4.78 is 3.90. The Hall–Kier alpha value is 1.09. The zero-order valence-corrected chi connectivity index (χ0v) is 6.85. The Kier molecular flexibility index (Phi) is 3.67. The number of hydrogen-bond donors (Lipinski definition) is 3. The first-order chi connectivity index (χ1) is 3.06. The molecule has 0 fully saturated rings. The van der Waals surface area contributed by atoms with Crippen LogP contribution in [0.2, 0.25) is 0 Å². The van der Waals surface area contributed by atoms with E-state index in [9.17, 15) is 0 Å². The number of rotatable bonds is 2. The van der Waals surface area contributed by atoms with Gasteiger partial charge in [0.1, 0.15) is 0 Å². The monoisotopic (exact) mass is 327 g/mol. The summed E-state index contributed by atoms with van der Waals surface area (Å²) in [7, 11) is 0.670. The van der Waals surface area contributed by atoms with Crippen molar-refractivity contribution in [1.29, 1.82) is 0 Å². The molecule has 0 aliphatic carbocycles. The van der Waals surface area contributed by atoms with Gasteiger partial charge in [0, 0.05) is 0 Å². The van der Waals surface area contributed by atoms with Crippen LogP contribution in [0.5, 0.6) is 0 Å². The van der Waals surface area contributed by atoms with E-state index < -0.39 is 28.1 Å². The molecule has 4 nitrogen and oxygen atoms in total. The summed E-state index contributed by atoms with van der Waals surface area (Å²) in [5.74, 6) is 0. The molecule has 0 heterocycles. The molecule has 0 aliphatic heterocycles. The van der Waals surface area contributed by atoms with Crippen molar-refractivity contribution in [1.82, 2.24) is 0 Å². The fourth-order valence-corrected chi connectivity index (χ4v) is 2.30. The summed E-state index contributed by atoms with van der Waals surface area (Å²) in [6, 6.07) is 0. The summed E-state index contributed by atoms with van der Waals surface area (Å²) in [6.45, 7) is 0. The summed E-state index contributed by atoms with van der Waals surface area (Å²) in [5, 5.41) is 0. The Morgan fingerprint density at radius 2 is 1.86 bits per heavy atom. The van der Waals surface area contributed by atoms with Crippen LogP contribution in [0, 0.1) is 0 Å². The first kappa shape index (κ1) is 8.09. The SMILES string of the molecule is O[Si](O)(O)[O][Au][Cl]. The molecule has 7 heteroatoms. The van der Waals surface area contributed by atoms with Gasteiger partial charge in [-0.05, 0) is 0 Å². The van der Waals surface area contributed by atoms with Gasteiger partial charge in [0.2, 0.25) is 0 Å². The van der Waals surface area contributed by atoms with Gasteiger partial charge in [-0.15, -0.1) is 0 Å². The van der Waals surface area contributed by atoms with E-state index in [0.29, 0.717) is 0 Å². The quantitative estimate of drug-likeness (QED) is 0.544. The van der Waals surface area contributed by atoms with Crippen LogP contribution < -0.4 is 0 Å². The zero-order valence-electron chi connectivity index (χ0n) is 2.93. The topological polar surface area (TPSA) is 69.9 Å². The van der Waals surface area contributed by atoms with Crippen LogP contribution in [-0.2, 0) is 22.0 Å². The van der Waals surface area contributed by atoms with Gasteiger partial charge in [-0.2, -0.15) is 0 Å². The van der Waals surface area contributed by atoms with Crippen LogP contribution in [0.4, 0.5) is 0 Å². The minimum atomic E-state index is -4.25. The van der Waals surface area contributed by atoms with E-state index in [4.69, 9.17) is 23.6 Å². The van der Waals surface area contributed by atoms with Crippen molar-refractivity contribution in [2.24, 2.45) is 0 Å². The van der Waals surface area contributed by atoms with Crippen LogP contribution in [0.25, 0.3) is 0 Å². The molecule has 0 aliphatic rings. The van der Waals surface area contributed by atoms with Crippen molar-refractivity contribution >= 4 is 18.2 Å². The van der Waals surface area contributed by atoms with Crippen LogP contribution in [0.15, 0.2) is 0 Å². The van der Waals surface area contributed by atoms with Crippen LogP contribution in [0.3, 0.4) is 0 Å². The fraction of sp³-hybridized carbons (Fsp3) is 0. The zero-order chi connectivity index (χ0) is 5.91. The van der Waals surface area contributed by atoms with Gasteiger partial charge < -0.3 is 0 Å². The van der Waals surface area contributed by atoms with Gasteiger partial charge in [0.15, 0.2) is 0 Å². The van der Waals surface area contributed by atoms with Gasteiger partial charge in [0.25, 0.3) is 0 Å². The van der Waals surface area contributed by atoms with E-state index in [1.54, 1.807) is 0 Å². The molecule has 7 heavy (non-hydrogen) atoms. The normalized spacial score (nSPS) is 12.6. The molecule has 0 unspecified atom stereocenters. The Balaban J connectivity index is 3.15. The van der Waals surface area contributed by atoms with E-state index in [2.05, 4.69) is 2.93 Å². The van der Waals surface area contributed by atoms with Crippen molar-refractivity contribution in [2.75, 3.05) is 0 Å². The van der Waals surface area contributed by atoms with Gasteiger partial charge >= 0.3 is 54.6 Å². The third-order valence-corrected chi connectivity index (χ3v) is 3.74. The molecule has 0 spiro atoms. The van der Waals surface area contributed by atoms with E-state index >= 15 is 0 Å². The van der Waals surface area contributed by atoms with Crippen molar-refractivity contribution in [3.8, 4) is 0 Å². The second-order valence-electron chi connectivity index (χ2n) is 0.682. The van der Waals surface area contributed by atoms with E-state index in [1.807, 2.05) is 0 Å². The molecular formula is H3AuClO4Si. The van der Waals surface area contributed by atoms with Crippen molar-refractivity contribution < 1.29 is 36.4 Å². The van der Waals surface area contributed by atoms with Gasteiger partial charge in [-0.1, -0.05) is 0 Å². The summed E-state index contributed by atoms with van der Waals surface area (Å²) in [5.41, 5.74) is 0. The molecule has 49 valence electrons. The van der Waals surface area contributed by atoms with Crippen LogP contribution in [0.1, 0.15) is 0 Å². The molecule has 0 aromatic carbocycles. The van der Waals surface area contributed by atoms with E-state index in [0.717, 1.165) is 0 Å². The molecular weight excluding hydrogens is 325 g/mol. The molecule has 0 saturated carbocycles. The first-order valence-corrected chi connectivity index (χ1v) is 6.43. The third kappa shape index (κ3) is 7.09. The second-order valence-corrected chi connectivity index (χ2v) is 4.38. The minimum absolute atomic E-state index is 1.11. The molecule has 0 bridgehead atoms. The Morgan fingerprint density at radius 1 is 1.43 bits per heavy atom.